The fourth-order valence-electron chi connectivity index (χ4n) is 2.51. The van der Waals surface area contributed by atoms with E-state index in [0.29, 0.717) is 5.52 Å². The summed E-state index contributed by atoms with van der Waals surface area (Å²) in [6, 6.07) is 17.3. The number of carboxylic acids is 1. The van der Waals surface area contributed by atoms with Crippen LogP contribution in [0.5, 0.6) is 0 Å². The van der Waals surface area contributed by atoms with Gasteiger partial charge in [0.2, 0.25) is 0 Å². The molecule has 1 atom stereocenters. The van der Waals surface area contributed by atoms with Crippen LogP contribution >= 0.6 is 22.6 Å². The van der Waals surface area contributed by atoms with Gasteiger partial charge < -0.3 is 10.4 Å². The van der Waals surface area contributed by atoms with Gasteiger partial charge in [0.1, 0.15) is 11.7 Å². The number of aromatic nitrogens is 1. The Morgan fingerprint density at radius 2 is 1.76 bits per heavy atom. The second-order valence-electron chi connectivity index (χ2n) is 5.55. The van der Waals surface area contributed by atoms with Gasteiger partial charge in [-0.15, -0.1) is 0 Å². The zero-order chi connectivity index (χ0) is 17.8. The van der Waals surface area contributed by atoms with E-state index in [2.05, 4.69) is 32.9 Å². The van der Waals surface area contributed by atoms with E-state index in [-0.39, 0.29) is 12.1 Å². The van der Waals surface area contributed by atoms with E-state index in [9.17, 15) is 14.7 Å². The first-order chi connectivity index (χ1) is 12.0. The first-order valence-electron chi connectivity index (χ1n) is 7.67. The molecule has 6 heteroatoms. The summed E-state index contributed by atoms with van der Waals surface area (Å²) in [4.78, 5) is 28.3. The quantitative estimate of drug-likeness (QED) is 0.590. The van der Waals surface area contributed by atoms with Crippen LogP contribution in [0.4, 0.5) is 0 Å². The summed E-state index contributed by atoms with van der Waals surface area (Å²) in [5.74, 6) is -1.57. The molecule has 0 radical (unpaired) electrons. The second kappa shape index (κ2) is 7.60. The third kappa shape index (κ3) is 4.14. The fourth-order valence-corrected chi connectivity index (χ4v) is 3.12. The zero-order valence-corrected chi connectivity index (χ0v) is 15.3. The minimum Gasteiger partial charge on any atom is -0.480 e. The molecule has 2 aromatic carbocycles. The molecule has 1 aromatic heterocycles. The largest absolute Gasteiger partial charge is 0.480 e. The van der Waals surface area contributed by atoms with Crippen molar-refractivity contribution in [1.29, 1.82) is 0 Å². The Kier molecular flexibility index (Phi) is 5.28. The normalized spacial score (nSPS) is 11.9. The van der Waals surface area contributed by atoms with Crippen molar-refractivity contribution in [1.82, 2.24) is 10.3 Å². The number of amides is 1. The van der Waals surface area contributed by atoms with E-state index in [4.69, 9.17) is 0 Å². The van der Waals surface area contributed by atoms with Crippen LogP contribution in [0.2, 0.25) is 0 Å². The summed E-state index contributed by atoms with van der Waals surface area (Å²) < 4.78 is 0.962. The fraction of sp³-hybridized carbons (Fsp3) is 0.105. The summed E-state index contributed by atoms with van der Waals surface area (Å²) >= 11 is 2.15. The Morgan fingerprint density at radius 1 is 1.04 bits per heavy atom. The lowest BCUT2D eigenvalue weighted by Gasteiger charge is -2.15. The molecule has 0 spiro atoms. The summed E-state index contributed by atoms with van der Waals surface area (Å²) in [5.41, 5.74) is 1.77. The molecule has 0 bridgehead atoms. The highest BCUT2D eigenvalue weighted by Gasteiger charge is 2.22. The number of benzene rings is 2. The number of hydrogen-bond acceptors (Lipinski definition) is 3. The molecule has 5 nitrogen and oxygen atoms in total. The van der Waals surface area contributed by atoms with Crippen molar-refractivity contribution in [2.24, 2.45) is 0 Å². The number of aliphatic carboxylic acids is 1. The predicted molar refractivity (Wildman–Crippen MR) is 103 cm³/mol. The van der Waals surface area contributed by atoms with Crippen LogP contribution in [0.3, 0.4) is 0 Å². The molecule has 0 aliphatic heterocycles. The number of hydrogen-bond donors (Lipinski definition) is 2. The van der Waals surface area contributed by atoms with Crippen molar-refractivity contribution in [3.05, 3.63) is 75.5 Å². The SMILES string of the molecule is O=C(N[C@H](Cc1ccccc1I)C(=O)O)c1ccc2ccccc2n1. The maximum atomic E-state index is 12.4. The van der Waals surface area contributed by atoms with Gasteiger partial charge >= 0.3 is 5.97 Å². The Balaban J connectivity index is 1.80. The monoisotopic (exact) mass is 446 g/mol. The molecule has 126 valence electrons. The third-order valence-electron chi connectivity index (χ3n) is 3.82. The van der Waals surface area contributed by atoms with Crippen molar-refractivity contribution in [2.75, 3.05) is 0 Å². The summed E-state index contributed by atoms with van der Waals surface area (Å²) in [5, 5.41) is 12.9. The number of carbonyl (C=O) groups is 2. The number of para-hydroxylation sites is 1. The summed E-state index contributed by atoms with van der Waals surface area (Å²) in [6.45, 7) is 0. The number of carboxylic acid groups (broad SMARTS) is 1. The highest BCUT2D eigenvalue weighted by atomic mass is 127. The van der Waals surface area contributed by atoms with Gasteiger partial charge in [-0.3, -0.25) is 4.79 Å². The molecule has 2 N–H and O–H groups in total. The summed E-state index contributed by atoms with van der Waals surface area (Å²) in [7, 11) is 0. The Morgan fingerprint density at radius 3 is 2.52 bits per heavy atom. The van der Waals surface area contributed by atoms with Crippen LogP contribution in [-0.2, 0) is 11.2 Å². The average Bonchev–Trinajstić information content (AvgIpc) is 2.62. The van der Waals surface area contributed by atoms with Crippen LogP contribution in [0.25, 0.3) is 10.9 Å². The van der Waals surface area contributed by atoms with Crippen molar-refractivity contribution < 1.29 is 14.7 Å². The van der Waals surface area contributed by atoms with Crippen LogP contribution in [0, 0.1) is 3.57 Å². The third-order valence-corrected chi connectivity index (χ3v) is 4.87. The van der Waals surface area contributed by atoms with Crippen molar-refractivity contribution in [3.8, 4) is 0 Å². The molecule has 0 saturated heterocycles. The van der Waals surface area contributed by atoms with Gasteiger partial charge in [0.15, 0.2) is 0 Å². The lowest BCUT2D eigenvalue weighted by atomic mass is 10.1. The van der Waals surface area contributed by atoms with Crippen LogP contribution in [-0.4, -0.2) is 28.0 Å². The molecule has 0 saturated carbocycles. The van der Waals surface area contributed by atoms with Gasteiger partial charge in [-0.25, -0.2) is 9.78 Å². The zero-order valence-electron chi connectivity index (χ0n) is 13.1. The molecular formula is C19H15IN2O3. The van der Waals surface area contributed by atoms with Gasteiger partial charge in [-0.1, -0.05) is 42.5 Å². The topological polar surface area (TPSA) is 79.3 Å². The molecule has 3 aromatic rings. The standard InChI is InChI=1S/C19H15IN2O3/c20-14-7-3-1-6-13(14)11-17(19(24)25)22-18(23)16-10-9-12-5-2-4-8-15(12)21-16/h1-10,17H,11H2,(H,22,23)(H,24,25)/t17-/m1/s1. The number of carbonyl (C=O) groups excluding carboxylic acids is 1. The minimum absolute atomic E-state index is 0.202. The molecule has 0 fully saturated rings. The number of rotatable bonds is 5. The molecular weight excluding hydrogens is 431 g/mol. The van der Waals surface area contributed by atoms with Gasteiger partial charge in [0.05, 0.1) is 5.52 Å². The van der Waals surface area contributed by atoms with E-state index in [0.717, 1.165) is 14.5 Å². The second-order valence-corrected chi connectivity index (χ2v) is 6.71. The number of nitrogens with one attached hydrogen (secondary N) is 1. The predicted octanol–water partition coefficient (Wildman–Crippen LogP) is 3.27. The van der Waals surface area contributed by atoms with Gasteiger partial charge in [0.25, 0.3) is 5.91 Å². The maximum absolute atomic E-state index is 12.4. The molecule has 1 amide bonds. The molecule has 3 rings (SSSR count). The molecule has 1 heterocycles. The summed E-state index contributed by atoms with van der Waals surface area (Å²) in [6.07, 6.45) is 0.216. The van der Waals surface area contributed by atoms with Crippen LogP contribution in [0.1, 0.15) is 16.1 Å². The Labute approximate surface area is 158 Å². The van der Waals surface area contributed by atoms with Crippen LogP contribution < -0.4 is 5.32 Å². The highest BCUT2D eigenvalue weighted by Crippen LogP contribution is 2.15. The number of pyridine rings is 1. The van der Waals surface area contributed by atoms with Gasteiger partial charge in [0, 0.05) is 15.4 Å². The van der Waals surface area contributed by atoms with E-state index in [1.165, 1.54) is 0 Å². The molecule has 0 aliphatic carbocycles. The van der Waals surface area contributed by atoms with E-state index >= 15 is 0 Å². The van der Waals surface area contributed by atoms with Crippen molar-refractivity contribution >= 4 is 45.4 Å². The van der Waals surface area contributed by atoms with Gasteiger partial charge in [-0.2, -0.15) is 0 Å². The Bertz CT molecular complexity index is 943. The van der Waals surface area contributed by atoms with E-state index in [1.54, 1.807) is 12.1 Å². The smallest absolute Gasteiger partial charge is 0.326 e. The molecule has 0 aliphatic rings. The number of nitrogens with zero attached hydrogens (tertiary/aromatic N) is 1. The minimum atomic E-state index is -1.08. The van der Waals surface area contributed by atoms with Gasteiger partial charge in [-0.05, 0) is 46.4 Å². The maximum Gasteiger partial charge on any atom is 0.326 e. The van der Waals surface area contributed by atoms with Crippen LogP contribution in [0.15, 0.2) is 60.7 Å². The highest BCUT2D eigenvalue weighted by molar-refractivity contribution is 14.1. The lowest BCUT2D eigenvalue weighted by Crippen LogP contribution is -2.42. The average molecular weight is 446 g/mol. The number of halogens is 1. The van der Waals surface area contributed by atoms with E-state index in [1.807, 2.05) is 48.5 Å². The first-order valence-corrected chi connectivity index (χ1v) is 8.75. The molecule has 25 heavy (non-hydrogen) atoms. The van der Waals surface area contributed by atoms with Crippen molar-refractivity contribution in [3.63, 3.8) is 0 Å². The van der Waals surface area contributed by atoms with E-state index < -0.39 is 17.9 Å². The lowest BCUT2D eigenvalue weighted by molar-refractivity contribution is -0.139. The Hall–Kier alpha value is -2.48. The first kappa shape index (κ1) is 17.3. The van der Waals surface area contributed by atoms with Crippen molar-refractivity contribution in [2.45, 2.75) is 12.5 Å². The molecule has 0 unspecified atom stereocenters. The number of fused-ring (bicyclic) bond motifs is 1.